The number of primary amides is 1. The second-order valence-electron chi connectivity index (χ2n) is 9.33. The summed E-state index contributed by atoms with van der Waals surface area (Å²) in [6, 6.07) is 3.69. The molecule has 186 valence electrons. The third kappa shape index (κ3) is 4.90. The first-order chi connectivity index (χ1) is 16.9. The second-order valence-corrected chi connectivity index (χ2v) is 9.71. The molecule has 0 atom stereocenters. The number of anilines is 3. The zero-order valence-corrected chi connectivity index (χ0v) is 20.3. The summed E-state index contributed by atoms with van der Waals surface area (Å²) in [5, 5.41) is 6.63. The first kappa shape index (κ1) is 23.7. The van der Waals surface area contributed by atoms with Crippen molar-refractivity contribution in [2.24, 2.45) is 11.7 Å². The largest absolute Gasteiger partial charge is 0.381 e. The van der Waals surface area contributed by atoms with Gasteiger partial charge in [0.1, 0.15) is 16.4 Å². The molecule has 1 aliphatic carbocycles. The number of nitrogens with zero attached hydrogens (tertiary/aromatic N) is 4. The predicted molar refractivity (Wildman–Crippen MR) is 132 cm³/mol. The maximum absolute atomic E-state index is 14.5. The van der Waals surface area contributed by atoms with Gasteiger partial charge in [-0.3, -0.25) is 9.36 Å². The summed E-state index contributed by atoms with van der Waals surface area (Å²) in [4.78, 5) is 25.7. The maximum Gasteiger partial charge on any atom is 0.224 e. The fourth-order valence-corrected chi connectivity index (χ4v) is 5.16. The summed E-state index contributed by atoms with van der Waals surface area (Å²) in [5.41, 5.74) is 7.72. The number of hydrogen-bond donors (Lipinski definition) is 3. The molecule has 5 rings (SSSR count). The highest BCUT2D eigenvalue weighted by Crippen LogP contribution is 2.38. The molecule has 3 heterocycles. The molecule has 3 aromatic rings. The van der Waals surface area contributed by atoms with Gasteiger partial charge >= 0.3 is 0 Å². The summed E-state index contributed by atoms with van der Waals surface area (Å²) in [6.45, 7) is 3.09. The number of nitrogens with one attached hydrogen (secondary N) is 2. The van der Waals surface area contributed by atoms with Crippen LogP contribution in [0.2, 0.25) is 5.02 Å². The van der Waals surface area contributed by atoms with E-state index in [9.17, 15) is 9.18 Å². The number of carbonyl (C=O) groups excluding carboxylic acids is 1. The molecule has 1 saturated carbocycles. The molecule has 2 aromatic heterocycles. The summed E-state index contributed by atoms with van der Waals surface area (Å²) in [7, 11) is 0. The highest BCUT2D eigenvalue weighted by molar-refractivity contribution is 6.33. The zero-order chi connectivity index (χ0) is 24.5. The number of ether oxygens (including phenoxy) is 1. The molecule has 0 unspecified atom stereocenters. The lowest BCUT2D eigenvalue weighted by atomic mass is 9.85. The second kappa shape index (κ2) is 9.94. The van der Waals surface area contributed by atoms with Gasteiger partial charge in [-0.2, -0.15) is 4.98 Å². The van der Waals surface area contributed by atoms with Crippen LogP contribution in [-0.2, 0) is 9.53 Å². The summed E-state index contributed by atoms with van der Waals surface area (Å²) < 4.78 is 21.9. The predicted octanol–water partition coefficient (Wildman–Crippen LogP) is 4.48. The molecule has 9 nitrogen and oxygen atoms in total. The van der Waals surface area contributed by atoms with Crippen LogP contribution in [0, 0.1) is 18.7 Å². The van der Waals surface area contributed by atoms with E-state index in [1.54, 1.807) is 25.3 Å². The molecule has 11 heteroatoms. The Bertz CT molecular complexity index is 1240. The van der Waals surface area contributed by atoms with Crippen LogP contribution in [0.4, 0.5) is 22.0 Å². The summed E-state index contributed by atoms with van der Waals surface area (Å²) >= 11 is 6.30. The van der Waals surface area contributed by atoms with Crippen LogP contribution in [0.15, 0.2) is 18.3 Å². The quantitative estimate of drug-likeness (QED) is 0.455. The Morgan fingerprint density at radius 2 is 1.91 bits per heavy atom. The van der Waals surface area contributed by atoms with Gasteiger partial charge in [-0.05, 0) is 57.1 Å². The number of aromatic nitrogens is 4. The van der Waals surface area contributed by atoms with Gasteiger partial charge in [0.05, 0.1) is 11.9 Å². The van der Waals surface area contributed by atoms with Crippen LogP contribution in [0.1, 0.15) is 50.1 Å². The zero-order valence-electron chi connectivity index (χ0n) is 19.6. The summed E-state index contributed by atoms with van der Waals surface area (Å²) in [5.74, 6) is 0.180. The van der Waals surface area contributed by atoms with Crippen LogP contribution in [-0.4, -0.2) is 44.7 Å². The normalized spacial score (nSPS) is 21.2. The van der Waals surface area contributed by atoms with Crippen molar-refractivity contribution in [3.8, 4) is 0 Å². The minimum Gasteiger partial charge on any atom is -0.381 e. The Balaban J connectivity index is 1.51. The molecule has 0 spiro atoms. The van der Waals surface area contributed by atoms with Crippen LogP contribution in [0.25, 0.3) is 11.2 Å². The van der Waals surface area contributed by atoms with E-state index < -0.39 is 5.82 Å². The molecule has 1 amide bonds. The smallest absolute Gasteiger partial charge is 0.224 e. The van der Waals surface area contributed by atoms with Crippen molar-refractivity contribution in [2.75, 3.05) is 23.8 Å². The van der Waals surface area contributed by atoms with Crippen molar-refractivity contribution >= 4 is 46.3 Å². The van der Waals surface area contributed by atoms with E-state index in [1.165, 1.54) is 0 Å². The lowest BCUT2D eigenvalue weighted by Crippen LogP contribution is -2.29. The number of benzene rings is 1. The van der Waals surface area contributed by atoms with Crippen molar-refractivity contribution in [1.29, 1.82) is 0 Å². The van der Waals surface area contributed by atoms with Gasteiger partial charge in [0, 0.05) is 31.2 Å². The van der Waals surface area contributed by atoms with Crippen LogP contribution in [0.3, 0.4) is 0 Å². The molecule has 0 radical (unpaired) electrons. The Morgan fingerprint density at radius 1 is 1.17 bits per heavy atom. The van der Waals surface area contributed by atoms with Crippen molar-refractivity contribution in [3.05, 3.63) is 34.7 Å². The van der Waals surface area contributed by atoms with Crippen LogP contribution >= 0.6 is 11.6 Å². The van der Waals surface area contributed by atoms with Gasteiger partial charge in [-0.15, -0.1) is 0 Å². The van der Waals surface area contributed by atoms with Gasteiger partial charge in [0.15, 0.2) is 5.65 Å². The van der Waals surface area contributed by atoms with Crippen LogP contribution in [0.5, 0.6) is 0 Å². The van der Waals surface area contributed by atoms with Crippen molar-refractivity contribution in [2.45, 2.75) is 57.5 Å². The minimum atomic E-state index is -0.468. The molecule has 35 heavy (non-hydrogen) atoms. The number of fused-ring (bicyclic) bond motifs is 1. The average Bonchev–Trinajstić information content (AvgIpc) is 3.22. The van der Waals surface area contributed by atoms with Gasteiger partial charge in [0.2, 0.25) is 17.8 Å². The van der Waals surface area contributed by atoms with E-state index in [0.29, 0.717) is 60.4 Å². The first-order valence-corrected chi connectivity index (χ1v) is 12.4. The molecule has 4 N–H and O–H groups in total. The number of nitrogens with two attached hydrogens (primary N) is 1. The Kier molecular flexibility index (Phi) is 6.75. The maximum atomic E-state index is 14.5. The van der Waals surface area contributed by atoms with E-state index in [-0.39, 0.29) is 28.9 Å². The molecule has 1 aliphatic heterocycles. The molecule has 2 aliphatic rings. The van der Waals surface area contributed by atoms with Crippen molar-refractivity contribution in [1.82, 2.24) is 19.5 Å². The average molecular weight is 502 g/mol. The minimum absolute atomic E-state index is 0.00833. The van der Waals surface area contributed by atoms with E-state index in [2.05, 4.69) is 15.6 Å². The van der Waals surface area contributed by atoms with Gasteiger partial charge in [-0.25, -0.2) is 14.4 Å². The van der Waals surface area contributed by atoms with E-state index >= 15 is 0 Å². The highest BCUT2D eigenvalue weighted by atomic mass is 35.5. The number of aryl methyl sites for hydroxylation is 1. The van der Waals surface area contributed by atoms with E-state index in [0.717, 1.165) is 25.7 Å². The Labute approximate surface area is 207 Å². The standard InChI is InChI=1S/C24H29ClFN7O2/c1-13-2-7-17(19(25)20(13)26)30-24-31-18-12-28-23(29-15-8-10-35-11-9-15)32-22(18)33(24)16-5-3-14(4-6-16)21(27)34/h2,7,12,14-16H,3-6,8-11H2,1H3,(H2,27,34)(H,30,31)(H,28,29,32)/t14-,16+. The number of hydrogen-bond acceptors (Lipinski definition) is 7. The Hall–Kier alpha value is -2.98. The molecule has 0 bridgehead atoms. The number of carbonyl (C=O) groups is 1. The number of amides is 1. The third-order valence-electron chi connectivity index (χ3n) is 6.97. The first-order valence-electron chi connectivity index (χ1n) is 12.0. The summed E-state index contributed by atoms with van der Waals surface area (Å²) in [6.07, 6.45) is 6.35. The molecular weight excluding hydrogens is 473 g/mol. The lowest BCUT2D eigenvalue weighted by Gasteiger charge is -2.29. The highest BCUT2D eigenvalue weighted by Gasteiger charge is 2.29. The number of halogens is 2. The van der Waals surface area contributed by atoms with Crippen molar-refractivity contribution in [3.63, 3.8) is 0 Å². The fraction of sp³-hybridized carbons (Fsp3) is 0.500. The van der Waals surface area contributed by atoms with E-state index in [4.69, 9.17) is 32.0 Å². The number of rotatable bonds is 6. The SMILES string of the molecule is Cc1ccc(Nc2nc3cnc(NC4CCOCC4)nc3n2[C@H]2CC[C@@H](C(N)=O)CC2)c(Cl)c1F. The third-order valence-corrected chi connectivity index (χ3v) is 7.34. The molecular formula is C24H29ClFN7O2. The molecule has 1 saturated heterocycles. The molecule has 1 aromatic carbocycles. The Morgan fingerprint density at radius 3 is 2.63 bits per heavy atom. The fourth-order valence-electron chi connectivity index (χ4n) is 4.90. The van der Waals surface area contributed by atoms with Gasteiger partial charge < -0.3 is 21.1 Å². The number of imidazole rings is 1. The monoisotopic (exact) mass is 501 g/mol. The topological polar surface area (TPSA) is 120 Å². The lowest BCUT2D eigenvalue weighted by molar-refractivity contribution is -0.122. The molecule has 2 fully saturated rings. The van der Waals surface area contributed by atoms with Gasteiger partial charge in [-0.1, -0.05) is 17.7 Å². The van der Waals surface area contributed by atoms with Crippen molar-refractivity contribution < 1.29 is 13.9 Å². The van der Waals surface area contributed by atoms with E-state index in [1.807, 2.05) is 4.57 Å². The van der Waals surface area contributed by atoms with Gasteiger partial charge in [0.25, 0.3) is 0 Å². The van der Waals surface area contributed by atoms with Crippen LogP contribution < -0.4 is 16.4 Å².